The van der Waals surface area contributed by atoms with Gasteiger partial charge in [-0.25, -0.2) is 4.39 Å². The predicted molar refractivity (Wildman–Crippen MR) is 91.8 cm³/mol. The maximum Gasteiger partial charge on any atom is 0.260 e. The molecule has 0 saturated carbocycles. The van der Waals surface area contributed by atoms with Gasteiger partial charge in [0.15, 0.2) is 18.2 Å². The average molecular weight is 353 g/mol. The Morgan fingerprint density at radius 2 is 2.00 bits per heavy atom. The number of hydrogen-bond donors (Lipinski definition) is 1. The molecule has 1 saturated heterocycles. The third-order valence-electron chi connectivity index (χ3n) is 4.05. The van der Waals surface area contributed by atoms with Crippen LogP contribution < -0.4 is 10.1 Å². The number of ether oxygens (including phenoxy) is 1. The number of nitriles is 1. The van der Waals surface area contributed by atoms with Crippen molar-refractivity contribution in [3.8, 4) is 11.8 Å². The van der Waals surface area contributed by atoms with Crippen LogP contribution in [0.25, 0.3) is 0 Å². The molecule has 0 aliphatic carbocycles. The molecule has 3 rings (SSSR count). The Bertz CT molecular complexity index is 872. The van der Waals surface area contributed by atoms with Gasteiger partial charge >= 0.3 is 0 Å². The van der Waals surface area contributed by atoms with Crippen molar-refractivity contribution in [3.63, 3.8) is 0 Å². The molecule has 0 spiro atoms. The number of halogens is 1. The Morgan fingerprint density at radius 1 is 1.23 bits per heavy atom. The summed E-state index contributed by atoms with van der Waals surface area (Å²) < 4.78 is 18.6. The molecule has 0 bridgehead atoms. The predicted octanol–water partition coefficient (Wildman–Crippen LogP) is 2.17. The molecule has 0 unspecified atom stereocenters. The number of likely N-dealkylation sites (tertiary alicyclic amines) is 1. The Morgan fingerprint density at radius 3 is 2.73 bits per heavy atom. The number of hydrogen-bond acceptors (Lipinski definition) is 4. The highest BCUT2D eigenvalue weighted by molar-refractivity contribution is 5.94. The van der Waals surface area contributed by atoms with Crippen molar-refractivity contribution in [2.24, 2.45) is 5.92 Å². The van der Waals surface area contributed by atoms with Crippen LogP contribution in [0.3, 0.4) is 0 Å². The number of carbonyl (C=O) groups is 2. The second-order valence-corrected chi connectivity index (χ2v) is 5.90. The minimum Gasteiger partial charge on any atom is -0.481 e. The summed E-state index contributed by atoms with van der Waals surface area (Å²) in [7, 11) is 0. The van der Waals surface area contributed by atoms with Gasteiger partial charge in [0.25, 0.3) is 5.91 Å². The van der Waals surface area contributed by atoms with Gasteiger partial charge in [0.1, 0.15) is 0 Å². The van der Waals surface area contributed by atoms with Gasteiger partial charge in [-0.15, -0.1) is 0 Å². The monoisotopic (exact) mass is 353 g/mol. The maximum absolute atomic E-state index is 13.4. The molecule has 1 N–H and O–H groups in total. The molecule has 2 aromatic carbocycles. The summed E-state index contributed by atoms with van der Waals surface area (Å²) in [5.41, 5.74) is 1.00. The van der Waals surface area contributed by atoms with E-state index in [4.69, 9.17) is 10.00 Å². The third-order valence-corrected chi connectivity index (χ3v) is 4.05. The normalized spacial score (nSPS) is 13.5. The summed E-state index contributed by atoms with van der Waals surface area (Å²) >= 11 is 0. The first-order valence-electron chi connectivity index (χ1n) is 8.03. The standard InChI is InChI=1S/C19H16FN3O3/c20-16-6-1-2-7-17(16)26-12-18(24)23-10-14(11-23)19(25)22-15-5-3-4-13(8-15)9-21/h1-8,14H,10-12H2,(H,22,25). The largest absolute Gasteiger partial charge is 0.481 e. The topological polar surface area (TPSA) is 82.4 Å². The van der Waals surface area contributed by atoms with Crippen LogP contribution in [0.4, 0.5) is 10.1 Å². The van der Waals surface area contributed by atoms with Gasteiger partial charge in [-0.05, 0) is 30.3 Å². The van der Waals surface area contributed by atoms with Crippen LogP contribution in [0, 0.1) is 23.1 Å². The van der Waals surface area contributed by atoms with Crippen molar-refractivity contribution in [1.82, 2.24) is 4.90 Å². The molecule has 1 fully saturated rings. The van der Waals surface area contributed by atoms with E-state index < -0.39 is 5.82 Å². The number of amides is 2. The van der Waals surface area contributed by atoms with E-state index in [2.05, 4.69) is 5.32 Å². The maximum atomic E-state index is 13.4. The smallest absolute Gasteiger partial charge is 0.260 e. The fourth-order valence-electron chi connectivity index (χ4n) is 2.55. The zero-order chi connectivity index (χ0) is 18.5. The molecule has 1 aliphatic heterocycles. The molecule has 26 heavy (non-hydrogen) atoms. The molecule has 132 valence electrons. The van der Waals surface area contributed by atoms with Gasteiger partial charge in [-0.3, -0.25) is 9.59 Å². The molecule has 6 nitrogen and oxygen atoms in total. The molecule has 0 radical (unpaired) electrons. The lowest BCUT2D eigenvalue weighted by atomic mass is 9.99. The summed E-state index contributed by atoms with van der Waals surface area (Å²) in [6, 6.07) is 14.5. The summed E-state index contributed by atoms with van der Waals surface area (Å²) in [5.74, 6) is -1.34. The second-order valence-electron chi connectivity index (χ2n) is 5.90. The molecule has 2 amide bonds. The fraction of sp³-hybridized carbons (Fsp3) is 0.211. The van der Waals surface area contributed by atoms with Crippen LogP contribution in [0.1, 0.15) is 5.56 Å². The van der Waals surface area contributed by atoms with E-state index in [0.717, 1.165) is 0 Å². The molecule has 7 heteroatoms. The first-order chi connectivity index (χ1) is 12.6. The zero-order valence-electron chi connectivity index (χ0n) is 13.8. The summed E-state index contributed by atoms with van der Waals surface area (Å²) in [6.45, 7) is 0.284. The van der Waals surface area contributed by atoms with E-state index in [9.17, 15) is 14.0 Å². The first-order valence-corrected chi connectivity index (χ1v) is 8.03. The fourth-order valence-corrected chi connectivity index (χ4v) is 2.55. The number of para-hydroxylation sites is 1. The minimum atomic E-state index is -0.527. The number of nitrogens with one attached hydrogen (secondary N) is 1. The second kappa shape index (κ2) is 7.66. The Hall–Kier alpha value is -3.40. The highest BCUT2D eigenvalue weighted by Gasteiger charge is 2.35. The number of carbonyl (C=O) groups excluding carboxylic acids is 2. The van der Waals surface area contributed by atoms with E-state index in [-0.39, 0.29) is 43.2 Å². The minimum absolute atomic E-state index is 0.0213. The number of rotatable bonds is 5. The first kappa shape index (κ1) is 17.4. The lowest BCUT2D eigenvalue weighted by molar-refractivity contribution is -0.143. The van der Waals surface area contributed by atoms with Gasteiger partial charge in [-0.1, -0.05) is 18.2 Å². The van der Waals surface area contributed by atoms with Gasteiger partial charge in [0, 0.05) is 18.8 Å². The summed E-state index contributed by atoms with van der Waals surface area (Å²) in [6.07, 6.45) is 0. The highest BCUT2D eigenvalue weighted by Crippen LogP contribution is 2.20. The van der Waals surface area contributed by atoms with Crippen molar-refractivity contribution in [3.05, 3.63) is 59.9 Å². The molecular weight excluding hydrogens is 337 g/mol. The average Bonchev–Trinajstić information content (AvgIpc) is 2.60. The van der Waals surface area contributed by atoms with Crippen LogP contribution >= 0.6 is 0 Å². The summed E-state index contributed by atoms with van der Waals surface area (Å²) in [4.78, 5) is 25.7. The molecule has 1 heterocycles. The van der Waals surface area contributed by atoms with Crippen LogP contribution in [0.5, 0.6) is 5.75 Å². The molecule has 0 atom stereocenters. The van der Waals surface area contributed by atoms with Crippen molar-refractivity contribution in [1.29, 1.82) is 5.26 Å². The van der Waals surface area contributed by atoms with Crippen LogP contribution in [-0.2, 0) is 9.59 Å². The quantitative estimate of drug-likeness (QED) is 0.893. The van der Waals surface area contributed by atoms with Crippen molar-refractivity contribution >= 4 is 17.5 Å². The van der Waals surface area contributed by atoms with Crippen molar-refractivity contribution in [2.75, 3.05) is 25.0 Å². The Kier molecular flexibility index (Phi) is 5.13. The Labute approximate surface area is 149 Å². The third kappa shape index (κ3) is 3.98. The van der Waals surface area contributed by atoms with Gasteiger partial charge < -0.3 is 15.0 Å². The lowest BCUT2D eigenvalue weighted by Crippen LogP contribution is -2.55. The SMILES string of the molecule is N#Cc1cccc(NC(=O)C2CN(C(=O)COc3ccccc3F)C2)c1. The number of benzene rings is 2. The van der Waals surface area contributed by atoms with E-state index in [1.807, 2.05) is 6.07 Å². The van der Waals surface area contributed by atoms with Gasteiger partial charge in [0.2, 0.25) is 5.91 Å². The van der Waals surface area contributed by atoms with Crippen LogP contribution in [0.2, 0.25) is 0 Å². The van der Waals surface area contributed by atoms with Gasteiger partial charge in [-0.2, -0.15) is 5.26 Å². The Balaban J connectivity index is 1.46. The van der Waals surface area contributed by atoms with Crippen LogP contribution in [-0.4, -0.2) is 36.4 Å². The van der Waals surface area contributed by atoms with Crippen molar-refractivity contribution in [2.45, 2.75) is 0 Å². The van der Waals surface area contributed by atoms with E-state index in [1.54, 1.807) is 30.3 Å². The number of nitrogens with zero attached hydrogens (tertiary/aromatic N) is 2. The zero-order valence-corrected chi connectivity index (χ0v) is 13.8. The lowest BCUT2D eigenvalue weighted by Gasteiger charge is -2.38. The molecular formula is C19H16FN3O3. The molecule has 2 aromatic rings. The molecule has 1 aliphatic rings. The van der Waals surface area contributed by atoms with Gasteiger partial charge in [0.05, 0.1) is 17.6 Å². The molecule has 0 aromatic heterocycles. The number of anilines is 1. The van der Waals surface area contributed by atoms with E-state index in [0.29, 0.717) is 11.3 Å². The van der Waals surface area contributed by atoms with Crippen molar-refractivity contribution < 1.29 is 18.7 Å². The van der Waals surface area contributed by atoms with E-state index >= 15 is 0 Å². The van der Waals surface area contributed by atoms with Crippen LogP contribution in [0.15, 0.2) is 48.5 Å². The highest BCUT2D eigenvalue weighted by atomic mass is 19.1. The summed E-state index contributed by atoms with van der Waals surface area (Å²) in [5, 5.41) is 11.6. The van der Waals surface area contributed by atoms with E-state index in [1.165, 1.54) is 23.1 Å².